The van der Waals surface area contributed by atoms with E-state index < -0.39 is 5.41 Å². The molecule has 20 heavy (non-hydrogen) atoms. The molecule has 4 heteroatoms. The van der Waals surface area contributed by atoms with Crippen molar-refractivity contribution in [1.29, 1.82) is 0 Å². The van der Waals surface area contributed by atoms with Gasteiger partial charge in [0.15, 0.2) is 0 Å². The van der Waals surface area contributed by atoms with E-state index in [0.717, 1.165) is 18.7 Å². The molecule has 4 nitrogen and oxygen atoms in total. The minimum absolute atomic E-state index is 0.0591. The van der Waals surface area contributed by atoms with E-state index in [0.29, 0.717) is 13.2 Å². The summed E-state index contributed by atoms with van der Waals surface area (Å²) in [7, 11) is 3.71. The highest BCUT2D eigenvalue weighted by Crippen LogP contribution is 2.22. The number of carbonyl (C=O) groups is 1. The van der Waals surface area contributed by atoms with Crippen molar-refractivity contribution >= 4 is 5.91 Å². The maximum atomic E-state index is 12.3. The van der Waals surface area contributed by atoms with E-state index in [2.05, 4.69) is 10.2 Å². The molecule has 0 aliphatic heterocycles. The second kappa shape index (κ2) is 8.02. The van der Waals surface area contributed by atoms with Crippen LogP contribution in [-0.2, 0) is 14.9 Å². The summed E-state index contributed by atoms with van der Waals surface area (Å²) in [5, 5.41) is 3.01. The molecule has 1 N–H and O–H groups in total. The van der Waals surface area contributed by atoms with Crippen molar-refractivity contribution in [2.45, 2.75) is 19.3 Å². The Labute approximate surface area is 122 Å². The fraction of sp³-hybridized carbons (Fsp3) is 0.562. The first-order valence-corrected chi connectivity index (χ1v) is 6.99. The molecule has 0 saturated carbocycles. The Morgan fingerprint density at radius 1 is 1.25 bits per heavy atom. The van der Waals surface area contributed by atoms with Gasteiger partial charge in [-0.25, -0.2) is 0 Å². The minimum Gasteiger partial charge on any atom is -0.383 e. The Kier molecular flexibility index (Phi) is 6.68. The number of hydrogen-bond acceptors (Lipinski definition) is 3. The fourth-order valence-electron chi connectivity index (χ4n) is 1.93. The predicted octanol–water partition coefficient (Wildman–Crippen LogP) is 1.66. The molecule has 0 atom stereocenters. The molecule has 0 bridgehead atoms. The van der Waals surface area contributed by atoms with Gasteiger partial charge in [-0.3, -0.25) is 4.79 Å². The molecule has 0 spiro atoms. The lowest BCUT2D eigenvalue weighted by atomic mass is 9.84. The number of ether oxygens (including phenoxy) is 1. The lowest BCUT2D eigenvalue weighted by molar-refractivity contribution is -0.125. The summed E-state index contributed by atoms with van der Waals surface area (Å²) in [6, 6.07) is 9.86. The summed E-state index contributed by atoms with van der Waals surface area (Å²) in [6.45, 7) is 6.95. The van der Waals surface area contributed by atoms with Crippen LogP contribution in [0.3, 0.4) is 0 Å². The molecule has 0 saturated heterocycles. The average Bonchev–Trinajstić information content (AvgIpc) is 2.45. The second-order valence-electron chi connectivity index (χ2n) is 5.54. The molecule has 112 valence electrons. The summed E-state index contributed by atoms with van der Waals surface area (Å²) < 4.78 is 5.02. The van der Waals surface area contributed by atoms with E-state index >= 15 is 0 Å². The molecule has 1 rings (SSSR count). The molecule has 0 radical (unpaired) electrons. The Bertz CT molecular complexity index is 404. The average molecular weight is 278 g/mol. The minimum atomic E-state index is -0.508. The molecule has 1 aromatic rings. The van der Waals surface area contributed by atoms with Crippen molar-refractivity contribution in [2.75, 3.05) is 40.4 Å². The van der Waals surface area contributed by atoms with Gasteiger partial charge in [0.25, 0.3) is 0 Å². The molecule has 0 aliphatic rings. The number of likely N-dealkylation sites (N-methyl/N-ethyl adjacent to an activating group) is 1. The highest BCUT2D eigenvalue weighted by molar-refractivity contribution is 5.87. The van der Waals surface area contributed by atoms with Gasteiger partial charge < -0.3 is 15.0 Å². The van der Waals surface area contributed by atoms with Crippen molar-refractivity contribution in [2.24, 2.45) is 0 Å². The summed E-state index contributed by atoms with van der Waals surface area (Å²) >= 11 is 0. The summed E-state index contributed by atoms with van der Waals surface area (Å²) in [5.41, 5.74) is 0.525. The highest BCUT2D eigenvalue weighted by atomic mass is 16.5. The number of hydrogen-bond donors (Lipinski definition) is 1. The predicted molar refractivity (Wildman–Crippen MR) is 81.9 cm³/mol. The third kappa shape index (κ3) is 4.94. The van der Waals surface area contributed by atoms with E-state index in [1.165, 1.54) is 0 Å². The third-order valence-corrected chi connectivity index (χ3v) is 3.52. The van der Waals surface area contributed by atoms with Crippen molar-refractivity contribution in [3.63, 3.8) is 0 Å². The molecule has 0 fully saturated rings. The number of rotatable bonds is 8. The van der Waals surface area contributed by atoms with Crippen LogP contribution in [0.4, 0.5) is 0 Å². The summed E-state index contributed by atoms with van der Waals surface area (Å²) in [6.07, 6.45) is 0. The Balaban J connectivity index is 2.42. The van der Waals surface area contributed by atoms with Gasteiger partial charge in [-0.05, 0) is 26.5 Å². The standard InChI is InChI=1S/C16H26N2O2/c1-16(2,14-8-6-5-7-9-14)15(19)17-10-11-18(3)12-13-20-4/h5-9H,10-13H2,1-4H3,(H,17,19). The zero-order valence-corrected chi connectivity index (χ0v) is 13.0. The third-order valence-electron chi connectivity index (χ3n) is 3.52. The van der Waals surface area contributed by atoms with Crippen LogP contribution < -0.4 is 5.32 Å². The number of amides is 1. The van der Waals surface area contributed by atoms with Gasteiger partial charge in [0.05, 0.1) is 12.0 Å². The first-order valence-electron chi connectivity index (χ1n) is 6.99. The van der Waals surface area contributed by atoms with Crippen molar-refractivity contribution in [3.8, 4) is 0 Å². The normalized spacial score (nSPS) is 11.7. The number of nitrogens with one attached hydrogen (secondary N) is 1. The van der Waals surface area contributed by atoms with Gasteiger partial charge in [-0.15, -0.1) is 0 Å². The van der Waals surface area contributed by atoms with Crippen LogP contribution in [0.15, 0.2) is 30.3 Å². The van der Waals surface area contributed by atoms with Gasteiger partial charge in [-0.1, -0.05) is 30.3 Å². The van der Waals surface area contributed by atoms with E-state index in [4.69, 9.17) is 4.74 Å². The van der Waals surface area contributed by atoms with E-state index in [-0.39, 0.29) is 5.91 Å². The SMILES string of the molecule is COCCN(C)CCNC(=O)C(C)(C)c1ccccc1. The van der Waals surface area contributed by atoms with Crippen LogP contribution in [0.1, 0.15) is 19.4 Å². The summed E-state index contributed by atoms with van der Waals surface area (Å²) in [4.78, 5) is 14.4. The zero-order chi connectivity index (χ0) is 15.0. The van der Waals surface area contributed by atoms with Gasteiger partial charge in [0, 0.05) is 26.7 Å². The van der Waals surface area contributed by atoms with Gasteiger partial charge >= 0.3 is 0 Å². The monoisotopic (exact) mass is 278 g/mol. The van der Waals surface area contributed by atoms with Crippen LogP contribution in [-0.4, -0.2) is 51.2 Å². The molecule has 1 amide bonds. The van der Waals surface area contributed by atoms with Crippen LogP contribution in [0.2, 0.25) is 0 Å². The Hall–Kier alpha value is -1.39. The Morgan fingerprint density at radius 3 is 2.50 bits per heavy atom. The molecule has 0 unspecified atom stereocenters. The largest absolute Gasteiger partial charge is 0.383 e. The summed E-state index contributed by atoms with van der Waals surface area (Å²) in [5.74, 6) is 0.0591. The lowest BCUT2D eigenvalue weighted by Crippen LogP contribution is -2.43. The van der Waals surface area contributed by atoms with Gasteiger partial charge in [-0.2, -0.15) is 0 Å². The second-order valence-corrected chi connectivity index (χ2v) is 5.54. The van der Waals surface area contributed by atoms with Crippen LogP contribution in [0.5, 0.6) is 0 Å². The van der Waals surface area contributed by atoms with Crippen LogP contribution >= 0.6 is 0 Å². The number of nitrogens with zero attached hydrogens (tertiary/aromatic N) is 1. The van der Waals surface area contributed by atoms with E-state index in [1.54, 1.807) is 7.11 Å². The molecule has 0 aromatic heterocycles. The molecule has 0 aliphatic carbocycles. The molecular formula is C16H26N2O2. The molecule has 1 aromatic carbocycles. The van der Waals surface area contributed by atoms with Crippen molar-refractivity contribution in [1.82, 2.24) is 10.2 Å². The molecular weight excluding hydrogens is 252 g/mol. The number of methoxy groups -OCH3 is 1. The first-order chi connectivity index (χ1) is 9.48. The topological polar surface area (TPSA) is 41.6 Å². The smallest absolute Gasteiger partial charge is 0.230 e. The molecule has 0 heterocycles. The first kappa shape index (κ1) is 16.7. The van der Waals surface area contributed by atoms with Gasteiger partial charge in [0.2, 0.25) is 5.91 Å². The maximum absolute atomic E-state index is 12.3. The van der Waals surface area contributed by atoms with Crippen LogP contribution in [0, 0.1) is 0 Å². The highest BCUT2D eigenvalue weighted by Gasteiger charge is 2.29. The van der Waals surface area contributed by atoms with E-state index in [1.807, 2.05) is 51.2 Å². The maximum Gasteiger partial charge on any atom is 0.230 e. The fourth-order valence-corrected chi connectivity index (χ4v) is 1.93. The Morgan fingerprint density at radius 2 is 1.90 bits per heavy atom. The lowest BCUT2D eigenvalue weighted by Gasteiger charge is -2.25. The number of benzene rings is 1. The van der Waals surface area contributed by atoms with E-state index in [9.17, 15) is 4.79 Å². The van der Waals surface area contributed by atoms with Gasteiger partial charge in [0.1, 0.15) is 0 Å². The number of carbonyl (C=O) groups excluding carboxylic acids is 1. The van der Waals surface area contributed by atoms with Crippen molar-refractivity contribution in [3.05, 3.63) is 35.9 Å². The van der Waals surface area contributed by atoms with Crippen molar-refractivity contribution < 1.29 is 9.53 Å². The van der Waals surface area contributed by atoms with Crippen LogP contribution in [0.25, 0.3) is 0 Å². The zero-order valence-electron chi connectivity index (χ0n) is 13.0. The quantitative estimate of drug-likeness (QED) is 0.786.